The van der Waals surface area contributed by atoms with E-state index in [9.17, 15) is 9.59 Å². The number of carbonyl (C=O) groups excluding carboxylic acids is 2. The summed E-state index contributed by atoms with van der Waals surface area (Å²) in [6.45, 7) is 4.23. The fraction of sp³-hybridized carbons (Fsp3) is 0.172. The van der Waals surface area contributed by atoms with E-state index >= 15 is 0 Å². The highest BCUT2D eigenvalue weighted by atomic mass is 32.1. The summed E-state index contributed by atoms with van der Waals surface area (Å²) < 4.78 is 1.20. The Morgan fingerprint density at radius 1 is 0.946 bits per heavy atom. The molecule has 7 nitrogen and oxygen atoms in total. The molecule has 3 aromatic carbocycles. The maximum Gasteiger partial charge on any atom is 0.325 e. The summed E-state index contributed by atoms with van der Waals surface area (Å²) >= 11 is 1.70. The second kappa shape index (κ2) is 8.97. The molecular weight excluding hydrogens is 482 g/mol. The zero-order valence-electron chi connectivity index (χ0n) is 20.5. The predicted octanol–water partition coefficient (Wildman–Crippen LogP) is 5.92. The summed E-state index contributed by atoms with van der Waals surface area (Å²) in [4.78, 5) is 36.4. The van der Waals surface area contributed by atoms with Gasteiger partial charge in [-0.1, -0.05) is 54.6 Å². The summed E-state index contributed by atoms with van der Waals surface area (Å²) in [5.41, 5.74) is 1.96. The fourth-order valence-corrected chi connectivity index (χ4v) is 5.74. The van der Waals surface area contributed by atoms with Crippen molar-refractivity contribution in [1.82, 2.24) is 20.2 Å². The van der Waals surface area contributed by atoms with E-state index in [-0.39, 0.29) is 11.9 Å². The fourth-order valence-electron chi connectivity index (χ4n) is 4.68. The first-order chi connectivity index (χ1) is 17.9. The number of rotatable bonds is 6. The summed E-state index contributed by atoms with van der Waals surface area (Å²) in [6, 6.07) is 24.8. The van der Waals surface area contributed by atoms with Crippen LogP contribution in [0.3, 0.4) is 0 Å². The zero-order chi connectivity index (χ0) is 25.6. The number of benzene rings is 3. The van der Waals surface area contributed by atoms with Crippen molar-refractivity contribution >= 4 is 50.1 Å². The molecule has 0 bridgehead atoms. The first-order valence-electron chi connectivity index (χ1n) is 12.1. The van der Waals surface area contributed by atoms with Gasteiger partial charge in [-0.3, -0.25) is 10.1 Å². The van der Waals surface area contributed by atoms with Crippen LogP contribution in [0.1, 0.15) is 13.8 Å². The molecule has 1 fully saturated rings. The number of urea groups is 1. The van der Waals surface area contributed by atoms with Crippen molar-refractivity contribution in [1.29, 1.82) is 0 Å². The highest BCUT2D eigenvalue weighted by Gasteiger charge is 2.45. The van der Waals surface area contributed by atoms with Crippen LogP contribution in [0.15, 0.2) is 79.0 Å². The minimum Gasteiger partial charge on any atom is -0.352 e. The molecule has 0 saturated carbocycles. The highest BCUT2D eigenvalue weighted by molar-refractivity contribution is 7.22. The number of thiophene rings is 1. The van der Waals surface area contributed by atoms with Crippen LogP contribution in [0, 0.1) is 0 Å². The molecule has 37 heavy (non-hydrogen) atoms. The van der Waals surface area contributed by atoms with Crippen molar-refractivity contribution in [2.45, 2.75) is 19.4 Å². The first kappa shape index (κ1) is 23.1. The van der Waals surface area contributed by atoms with Gasteiger partial charge in [-0.05, 0) is 53.8 Å². The van der Waals surface area contributed by atoms with Crippen molar-refractivity contribution < 1.29 is 9.59 Å². The SMILES string of the molecule is CC1(C)C(=O)NC(=O)N1CCNc1ncc(-c2ccc3ccccc3c2)c(-c2cc3ccccc3s2)n1. The predicted molar refractivity (Wildman–Crippen MR) is 149 cm³/mol. The van der Waals surface area contributed by atoms with Gasteiger partial charge in [-0.2, -0.15) is 0 Å². The Labute approximate surface area is 218 Å². The monoisotopic (exact) mass is 507 g/mol. The lowest BCUT2D eigenvalue weighted by atomic mass is 10.0. The number of carbonyl (C=O) groups is 2. The first-order valence-corrected chi connectivity index (χ1v) is 12.9. The molecule has 0 aliphatic carbocycles. The van der Waals surface area contributed by atoms with Crippen molar-refractivity contribution in [2.75, 3.05) is 18.4 Å². The molecule has 1 saturated heterocycles. The topological polar surface area (TPSA) is 87.2 Å². The van der Waals surface area contributed by atoms with E-state index < -0.39 is 5.54 Å². The van der Waals surface area contributed by atoms with Gasteiger partial charge < -0.3 is 10.2 Å². The molecule has 8 heteroatoms. The van der Waals surface area contributed by atoms with Gasteiger partial charge >= 0.3 is 6.03 Å². The molecule has 2 N–H and O–H groups in total. The second-order valence-electron chi connectivity index (χ2n) is 9.56. The van der Waals surface area contributed by atoms with E-state index in [0.29, 0.717) is 19.0 Å². The van der Waals surface area contributed by atoms with Crippen molar-refractivity contribution in [3.63, 3.8) is 0 Å². The number of nitrogens with zero attached hydrogens (tertiary/aromatic N) is 3. The molecule has 0 radical (unpaired) electrons. The lowest BCUT2D eigenvalue weighted by Crippen LogP contribution is -2.46. The average Bonchev–Trinajstić information content (AvgIpc) is 3.42. The Kier molecular flexibility index (Phi) is 5.61. The number of anilines is 1. The van der Waals surface area contributed by atoms with Crippen LogP contribution in [0.4, 0.5) is 10.7 Å². The largest absolute Gasteiger partial charge is 0.352 e. The zero-order valence-corrected chi connectivity index (χ0v) is 21.3. The molecule has 184 valence electrons. The van der Waals surface area contributed by atoms with E-state index in [1.807, 2.05) is 30.5 Å². The standard InChI is InChI=1S/C29H25N5O2S/c1-29(2)26(35)33-28(36)34(29)14-13-30-27-31-17-22(20-12-11-18-7-3-4-8-19(18)15-20)25(32-27)24-16-21-9-5-6-10-23(21)37-24/h3-12,15-17H,13-14H2,1-2H3,(H,30,31,32)(H,33,35,36). The average molecular weight is 508 g/mol. The lowest BCUT2D eigenvalue weighted by molar-refractivity contribution is -0.125. The Morgan fingerprint density at radius 2 is 1.70 bits per heavy atom. The lowest BCUT2D eigenvalue weighted by Gasteiger charge is -2.27. The maximum absolute atomic E-state index is 12.2. The molecule has 0 spiro atoms. The van der Waals surface area contributed by atoms with Gasteiger partial charge in [-0.25, -0.2) is 14.8 Å². The van der Waals surface area contributed by atoms with E-state index in [2.05, 4.69) is 64.1 Å². The van der Waals surface area contributed by atoms with Gasteiger partial charge in [0.1, 0.15) is 5.54 Å². The molecule has 1 aliphatic heterocycles. The van der Waals surface area contributed by atoms with Crippen LogP contribution < -0.4 is 10.6 Å². The normalized spacial score (nSPS) is 14.9. The van der Waals surface area contributed by atoms with Crippen molar-refractivity contribution in [2.24, 2.45) is 0 Å². The van der Waals surface area contributed by atoms with Crippen LogP contribution in [0.2, 0.25) is 0 Å². The molecule has 5 aromatic rings. The third-order valence-corrected chi connectivity index (χ3v) is 7.95. The summed E-state index contributed by atoms with van der Waals surface area (Å²) in [5, 5.41) is 9.14. The number of fused-ring (bicyclic) bond motifs is 2. The molecule has 3 amide bonds. The van der Waals surface area contributed by atoms with Crippen LogP contribution in [-0.2, 0) is 4.79 Å². The number of imide groups is 1. The quantitative estimate of drug-likeness (QED) is 0.279. The van der Waals surface area contributed by atoms with Crippen LogP contribution >= 0.6 is 11.3 Å². The van der Waals surface area contributed by atoms with Gasteiger partial charge in [0, 0.05) is 29.5 Å². The Morgan fingerprint density at radius 3 is 2.46 bits per heavy atom. The Bertz CT molecular complexity index is 1640. The Hall–Kier alpha value is -4.30. The van der Waals surface area contributed by atoms with E-state index in [4.69, 9.17) is 4.98 Å². The number of aromatic nitrogens is 2. The minimum absolute atomic E-state index is 0.291. The molecule has 2 aromatic heterocycles. The van der Waals surface area contributed by atoms with Gasteiger partial charge in [0.05, 0.1) is 10.6 Å². The van der Waals surface area contributed by atoms with Crippen LogP contribution in [-0.4, -0.2) is 45.4 Å². The van der Waals surface area contributed by atoms with Gasteiger partial charge in [0.2, 0.25) is 5.95 Å². The minimum atomic E-state index is -0.887. The third-order valence-electron chi connectivity index (χ3n) is 6.82. The van der Waals surface area contributed by atoms with E-state index in [0.717, 1.165) is 27.1 Å². The van der Waals surface area contributed by atoms with Crippen LogP contribution in [0.5, 0.6) is 0 Å². The third kappa shape index (κ3) is 4.19. The number of nitrogens with one attached hydrogen (secondary N) is 2. The highest BCUT2D eigenvalue weighted by Crippen LogP contribution is 2.38. The molecule has 0 unspecified atom stereocenters. The molecule has 1 aliphatic rings. The molecule has 3 heterocycles. The maximum atomic E-state index is 12.2. The molecule has 0 atom stereocenters. The smallest absolute Gasteiger partial charge is 0.325 e. The van der Waals surface area contributed by atoms with Gasteiger partial charge in [-0.15, -0.1) is 11.3 Å². The van der Waals surface area contributed by atoms with Crippen molar-refractivity contribution in [3.8, 4) is 21.7 Å². The molecular formula is C29H25N5O2S. The Balaban J connectivity index is 1.35. The second-order valence-corrected chi connectivity index (χ2v) is 10.6. The summed E-state index contributed by atoms with van der Waals surface area (Å²) in [6.07, 6.45) is 1.86. The van der Waals surface area contributed by atoms with Crippen LogP contribution in [0.25, 0.3) is 42.6 Å². The summed E-state index contributed by atoms with van der Waals surface area (Å²) in [7, 11) is 0. The van der Waals surface area contributed by atoms with Gasteiger partial charge in [0.15, 0.2) is 0 Å². The van der Waals surface area contributed by atoms with Gasteiger partial charge in [0.25, 0.3) is 5.91 Å². The summed E-state index contributed by atoms with van der Waals surface area (Å²) in [5.74, 6) is 0.182. The number of amides is 3. The number of hydrogen-bond donors (Lipinski definition) is 2. The molecule has 6 rings (SSSR count). The van der Waals surface area contributed by atoms with E-state index in [1.165, 1.54) is 20.4 Å². The van der Waals surface area contributed by atoms with Crippen molar-refractivity contribution in [3.05, 3.63) is 79.0 Å². The number of hydrogen-bond acceptors (Lipinski definition) is 6. The van der Waals surface area contributed by atoms with E-state index in [1.54, 1.807) is 25.2 Å².